The number of carbonyl (C=O) groups excluding carboxylic acids is 2. The number of hydrogen-bond acceptors (Lipinski definition) is 6. The number of aromatic nitrogens is 2. The zero-order valence-corrected chi connectivity index (χ0v) is 18.7. The van der Waals surface area contributed by atoms with E-state index in [0.717, 1.165) is 26.0 Å². The topological polar surface area (TPSA) is 98.0 Å². The van der Waals surface area contributed by atoms with Crippen molar-refractivity contribution in [3.63, 3.8) is 0 Å². The van der Waals surface area contributed by atoms with E-state index >= 15 is 0 Å². The maximum atomic E-state index is 12.5. The van der Waals surface area contributed by atoms with E-state index in [2.05, 4.69) is 26.2 Å². The van der Waals surface area contributed by atoms with Gasteiger partial charge in [-0.1, -0.05) is 58.0 Å². The number of nitrogens with zero attached hydrogens (tertiary/aromatic N) is 2. The lowest BCUT2D eigenvalue weighted by atomic mass is 10.2. The second-order valence-electron chi connectivity index (χ2n) is 6.24. The van der Waals surface area contributed by atoms with Crippen LogP contribution >= 0.6 is 39.0 Å². The molecule has 4 rings (SSSR count). The molecular weight excluding hydrogens is 484 g/mol. The van der Waals surface area contributed by atoms with E-state index in [1.807, 2.05) is 48.5 Å². The van der Waals surface area contributed by atoms with E-state index in [1.54, 1.807) is 11.4 Å². The average molecular weight is 499 g/mol. The number of amides is 2. The molecule has 2 aromatic carbocycles. The Morgan fingerprint density at radius 3 is 2.60 bits per heavy atom. The minimum atomic E-state index is -0.569. The Labute approximate surface area is 189 Å². The van der Waals surface area contributed by atoms with Crippen molar-refractivity contribution in [1.82, 2.24) is 9.97 Å². The fourth-order valence-corrected chi connectivity index (χ4v) is 4.67. The van der Waals surface area contributed by atoms with E-state index in [-0.39, 0.29) is 11.7 Å². The van der Waals surface area contributed by atoms with Gasteiger partial charge in [0, 0.05) is 15.4 Å². The van der Waals surface area contributed by atoms with E-state index < -0.39 is 5.91 Å². The van der Waals surface area contributed by atoms with Crippen molar-refractivity contribution in [2.45, 2.75) is 5.03 Å². The van der Waals surface area contributed by atoms with Gasteiger partial charge in [-0.15, -0.1) is 11.3 Å². The van der Waals surface area contributed by atoms with Gasteiger partial charge in [0.1, 0.15) is 10.0 Å². The van der Waals surface area contributed by atoms with Gasteiger partial charge in [0.2, 0.25) is 5.91 Å². The summed E-state index contributed by atoms with van der Waals surface area (Å²) in [6, 6.07) is 17.0. The molecule has 0 radical (unpaired) electrons. The predicted molar refractivity (Wildman–Crippen MR) is 125 cm³/mol. The number of primary amides is 1. The van der Waals surface area contributed by atoms with Crippen LogP contribution in [-0.4, -0.2) is 27.5 Å². The maximum Gasteiger partial charge on any atom is 0.251 e. The Morgan fingerprint density at radius 2 is 1.83 bits per heavy atom. The SMILES string of the molecule is NC(=O)c1ccsc1NC(=O)CSc1nc(-c2ccc(Br)cc2)nc2ccccc12. The van der Waals surface area contributed by atoms with Crippen LogP contribution in [0.1, 0.15) is 10.4 Å². The van der Waals surface area contributed by atoms with Crippen molar-refractivity contribution < 1.29 is 9.59 Å². The summed E-state index contributed by atoms with van der Waals surface area (Å²) in [7, 11) is 0. The normalized spacial score (nSPS) is 10.8. The predicted octanol–water partition coefficient (Wildman–Crippen LogP) is 4.95. The fraction of sp³-hybridized carbons (Fsp3) is 0.0476. The number of nitrogens with one attached hydrogen (secondary N) is 1. The van der Waals surface area contributed by atoms with Crippen molar-refractivity contribution in [1.29, 1.82) is 0 Å². The van der Waals surface area contributed by atoms with Gasteiger partial charge in [0.15, 0.2) is 5.82 Å². The van der Waals surface area contributed by atoms with Gasteiger partial charge < -0.3 is 11.1 Å². The van der Waals surface area contributed by atoms with Crippen LogP contribution in [0.2, 0.25) is 0 Å². The van der Waals surface area contributed by atoms with E-state index in [1.165, 1.54) is 23.1 Å². The molecular formula is C21H15BrN4O2S2. The van der Waals surface area contributed by atoms with Gasteiger partial charge in [-0.2, -0.15) is 0 Å². The van der Waals surface area contributed by atoms with Crippen molar-refractivity contribution >= 4 is 66.7 Å². The van der Waals surface area contributed by atoms with Gasteiger partial charge in [-0.25, -0.2) is 9.97 Å². The number of carbonyl (C=O) groups is 2. The Morgan fingerprint density at radius 1 is 1.07 bits per heavy atom. The first-order valence-corrected chi connectivity index (χ1v) is 11.5. The average Bonchev–Trinajstić information content (AvgIpc) is 3.20. The highest BCUT2D eigenvalue weighted by Crippen LogP contribution is 2.29. The lowest BCUT2D eigenvalue weighted by Crippen LogP contribution is -2.17. The van der Waals surface area contributed by atoms with Crippen LogP contribution < -0.4 is 11.1 Å². The van der Waals surface area contributed by atoms with E-state index in [4.69, 9.17) is 10.7 Å². The molecule has 2 heterocycles. The monoisotopic (exact) mass is 498 g/mol. The molecule has 0 fully saturated rings. The quantitative estimate of drug-likeness (QED) is 0.289. The molecule has 2 aromatic heterocycles. The number of fused-ring (bicyclic) bond motifs is 1. The lowest BCUT2D eigenvalue weighted by Gasteiger charge is -2.09. The first kappa shape index (κ1) is 20.5. The van der Waals surface area contributed by atoms with Crippen LogP contribution in [0, 0.1) is 0 Å². The Balaban J connectivity index is 1.58. The van der Waals surface area contributed by atoms with Crippen LogP contribution in [0.5, 0.6) is 0 Å². The molecule has 0 aliphatic carbocycles. The van der Waals surface area contributed by atoms with E-state index in [9.17, 15) is 9.59 Å². The van der Waals surface area contributed by atoms with Gasteiger partial charge in [0.25, 0.3) is 5.91 Å². The zero-order valence-electron chi connectivity index (χ0n) is 15.5. The molecule has 9 heteroatoms. The molecule has 0 aliphatic rings. The summed E-state index contributed by atoms with van der Waals surface area (Å²) in [6.45, 7) is 0. The van der Waals surface area contributed by atoms with Gasteiger partial charge in [0.05, 0.1) is 16.8 Å². The number of rotatable bonds is 6. The second kappa shape index (κ2) is 8.95. The molecule has 6 nitrogen and oxygen atoms in total. The zero-order chi connectivity index (χ0) is 21.1. The summed E-state index contributed by atoms with van der Waals surface area (Å²) in [6.07, 6.45) is 0. The standard InChI is InChI=1S/C21H15BrN4O2S2/c22-13-7-5-12(6-8-13)19-24-16-4-2-1-3-14(16)20(26-19)30-11-17(27)25-21-15(18(23)28)9-10-29-21/h1-10H,11H2,(H2,23,28)(H,25,27). The van der Waals surface area contributed by atoms with Gasteiger partial charge in [-0.05, 0) is 29.6 Å². The van der Waals surface area contributed by atoms with Gasteiger partial charge in [-0.3, -0.25) is 9.59 Å². The highest BCUT2D eigenvalue weighted by molar-refractivity contribution is 9.10. The van der Waals surface area contributed by atoms with E-state index in [0.29, 0.717) is 16.4 Å². The summed E-state index contributed by atoms with van der Waals surface area (Å²) in [5, 5.41) is 6.52. The summed E-state index contributed by atoms with van der Waals surface area (Å²) in [5.74, 6) is -0.0759. The highest BCUT2D eigenvalue weighted by atomic mass is 79.9. The number of anilines is 1. The van der Waals surface area contributed by atoms with Crippen LogP contribution in [-0.2, 0) is 4.79 Å². The minimum absolute atomic E-state index is 0.136. The Bertz CT molecular complexity index is 1240. The number of nitrogens with two attached hydrogens (primary N) is 1. The van der Waals surface area contributed by atoms with Crippen LogP contribution in [0.3, 0.4) is 0 Å². The summed E-state index contributed by atoms with van der Waals surface area (Å²) >= 11 is 6.02. The second-order valence-corrected chi connectivity index (χ2v) is 9.04. The fourth-order valence-electron chi connectivity index (χ4n) is 2.78. The van der Waals surface area contributed by atoms with Gasteiger partial charge >= 0.3 is 0 Å². The lowest BCUT2D eigenvalue weighted by molar-refractivity contribution is -0.113. The number of thiophene rings is 1. The number of hydrogen-bond donors (Lipinski definition) is 2. The molecule has 0 saturated heterocycles. The number of benzene rings is 2. The molecule has 3 N–H and O–H groups in total. The molecule has 4 aromatic rings. The number of para-hydroxylation sites is 1. The molecule has 150 valence electrons. The minimum Gasteiger partial charge on any atom is -0.366 e. The third-order valence-electron chi connectivity index (χ3n) is 4.19. The van der Waals surface area contributed by atoms with Crippen LogP contribution in [0.25, 0.3) is 22.3 Å². The third-order valence-corrected chi connectivity index (χ3v) is 6.54. The molecule has 2 amide bonds. The maximum absolute atomic E-state index is 12.5. The summed E-state index contributed by atoms with van der Waals surface area (Å²) in [4.78, 5) is 33.3. The largest absolute Gasteiger partial charge is 0.366 e. The smallest absolute Gasteiger partial charge is 0.251 e. The summed E-state index contributed by atoms with van der Waals surface area (Å²) in [5.41, 5.74) is 7.34. The third kappa shape index (κ3) is 4.53. The highest BCUT2D eigenvalue weighted by Gasteiger charge is 2.15. The first-order chi connectivity index (χ1) is 14.5. The van der Waals surface area contributed by atoms with Crippen molar-refractivity contribution in [3.05, 3.63) is 70.0 Å². The van der Waals surface area contributed by atoms with Crippen LogP contribution in [0.15, 0.2) is 69.5 Å². The Hall–Kier alpha value is -2.75. The number of halogens is 1. The summed E-state index contributed by atoms with van der Waals surface area (Å²) < 4.78 is 0.974. The molecule has 0 spiro atoms. The molecule has 0 atom stereocenters. The number of thioether (sulfide) groups is 1. The van der Waals surface area contributed by atoms with Crippen molar-refractivity contribution in [3.8, 4) is 11.4 Å². The molecule has 30 heavy (non-hydrogen) atoms. The Kier molecular flexibility index (Phi) is 6.12. The molecule has 0 aliphatic heterocycles. The molecule has 0 saturated carbocycles. The molecule has 0 bridgehead atoms. The molecule has 0 unspecified atom stereocenters. The van der Waals surface area contributed by atoms with Crippen LogP contribution in [0.4, 0.5) is 5.00 Å². The first-order valence-electron chi connectivity index (χ1n) is 8.84. The van der Waals surface area contributed by atoms with Crippen molar-refractivity contribution in [2.75, 3.05) is 11.1 Å². The van der Waals surface area contributed by atoms with Crippen molar-refractivity contribution in [2.24, 2.45) is 5.73 Å².